The Morgan fingerprint density at radius 3 is 2.24 bits per heavy atom. The maximum absolute atomic E-state index is 12.7. The molecule has 1 heterocycles. The molecule has 1 aliphatic carbocycles. The van der Waals surface area contributed by atoms with Crippen molar-refractivity contribution in [3.63, 3.8) is 0 Å². The summed E-state index contributed by atoms with van der Waals surface area (Å²) in [7, 11) is 0. The zero-order chi connectivity index (χ0) is 24.2. The zero-order valence-corrected chi connectivity index (χ0v) is 19.6. The highest BCUT2D eigenvalue weighted by Crippen LogP contribution is 2.44. The number of carboxylic acid groups (broad SMARTS) is 1. The van der Waals surface area contributed by atoms with Gasteiger partial charge >= 0.3 is 12.1 Å². The molecule has 0 radical (unpaired) electrons. The first kappa shape index (κ1) is 23.4. The number of nitrogens with one attached hydrogen (secondary N) is 2. The summed E-state index contributed by atoms with van der Waals surface area (Å²) in [5, 5.41) is 16.2. The number of aromatic nitrogens is 1. The van der Waals surface area contributed by atoms with Gasteiger partial charge in [0.1, 0.15) is 17.7 Å². The third-order valence-corrected chi connectivity index (χ3v) is 6.60. The minimum atomic E-state index is -1.12. The normalized spacial score (nSPS) is 13.1. The first-order valence-corrected chi connectivity index (χ1v) is 11.8. The summed E-state index contributed by atoms with van der Waals surface area (Å²) >= 11 is 1.15. The molecular formula is C25H25N3O5S. The summed E-state index contributed by atoms with van der Waals surface area (Å²) in [6, 6.07) is 15.3. The highest BCUT2D eigenvalue weighted by Gasteiger charge is 2.30. The van der Waals surface area contributed by atoms with Crippen molar-refractivity contribution >= 4 is 29.3 Å². The van der Waals surface area contributed by atoms with Crippen LogP contribution in [0.2, 0.25) is 0 Å². The van der Waals surface area contributed by atoms with E-state index in [0.717, 1.165) is 33.6 Å². The highest BCUT2D eigenvalue weighted by atomic mass is 32.1. The number of hydrogen-bond acceptors (Lipinski definition) is 6. The minimum Gasteiger partial charge on any atom is -0.476 e. The molecule has 0 unspecified atom stereocenters. The monoisotopic (exact) mass is 479 g/mol. The third kappa shape index (κ3) is 4.94. The number of hydrogen-bond donors (Lipinski definition) is 3. The molecule has 0 saturated heterocycles. The molecule has 1 aliphatic rings. The summed E-state index contributed by atoms with van der Waals surface area (Å²) in [6.45, 7) is 3.87. The molecule has 3 aromatic rings. The summed E-state index contributed by atoms with van der Waals surface area (Å²) in [5.41, 5.74) is 4.43. The average molecular weight is 480 g/mol. The van der Waals surface area contributed by atoms with Crippen LogP contribution in [0.3, 0.4) is 0 Å². The molecule has 0 fully saturated rings. The molecule has 2 amide bonds. The van der Waals surface area contributed by atoms with E-state index in [4.69, 9.17) is 9.84 Å². The Bertz CT molecular complexity index is 1180. The Hall–Kier alpha value is -3.72. The quantitative estimate of drug-likeness (QED) is 0.449. The molecule has 3 N–H and O–H groups in total. The van der Waals surface area contributed by atoms with E-state index in [2.05, 4.69) is 27.8 Å². The van der Waals surface area contributed by atoms with Crippen molar-refractivity contribution < 1.29 is 24.2 Å². The summed E-state index contributed by atoms with van der Waals surface area (Å²) < 4.78 is 5.56. The standard InChI is InChI=1S/C25H25N3O5S/c1-14(2)22(23(29)26-11-21-27-20(13-34-21)24(30)31)28-25(32)33-12-19-17-9-5-3-7-15(17)16-8-4-6-10-18(16)19/h3-10,13-14,19,22H,11-12H2,1-2H3,(H,26,29)(H,28,32)(H,30,31)/t22-/m0/s1. The lowest BCUT2D eigenvalue weighted by Gasteiger charge is -2.22. The second-order valence-electron chi connectivity index (χ2n) is 8.34. The number of fused-ring (bicyclic) bond motifs is 3. The van der Waals surface area contributed by atoms with Crippen LogP contribution in [0.1, 0.15) is 46.4 Å². The van der Waals surface area contributed by atoms with Crippen LogP contribution in [0, 0.1) is 5.92 Å². The van der Waals surface area contributed by atoms with Crippen molar-refractivity contribution in [2.75, 3.05) is 6.61 Å². The number of nitrogens with zero attached hydrogens (tertiary/aromatic N) is 1. The van der Waals surface area contributed by atoms with E-state index in [1.54, 1.807) is 0 Å². The second kappa shape index (κ2) is 10.0. The molecule has 9 heteroatoms. The molecule has 34 heavy (non-hydrogen) atoms. The molecule has 1 atom stereocenters. The van der Waals surface area contributed by atoms with Gasteiger partial charge in [0, 0.05) is 11.3 Å². The SMILES string of the molecule is CC(C)[C@H](NC(=O)OCC1c2ccccc2-c2ccccc21)C(=O)NCc1nc(C(=O)O)cs1. The topological polar surface area (TPSA) is 118 Å². The lowest BCUT2D eigenvalue weighted by Crippen LogP contribution is -2.49. The van der Waals surface area contributed by atoms with Gasteiger partial charge in [0.05, 0.1) is 6.54 Å². The third-order valence-electron chi connectivity index (χ3n) is 5.75. The molecule has 2 aromatic carbocycles. The first-order valence-electron chi connectivity index (χ1n) is 10.9. The van der Waals surface area contributed by atoms with Crippen LogP contribution >= 0.6 is 11.3 Å². The van der Waals surface area contributed by atoms with Crippen LogP contribution in [0.25, 0.3) is 11.1 Å². The number of thiazole rings is 1. The van der Waals surface area contributed by atoms with Gasteiger partial charge < -0.3 is 20.5 Å². The van der Waals surface area contributed by atoms with Crippen molar-refractivity contribution in [1.82, 2.24) is 15.6 Å². The number of carboxylic acids is 1. The number of aromatic carboxylic acids is 1. The Labute approximate surface area is 201 Å². The van der Waals surface area contributed by atoms with Gasteiger partial charge in [0.2, 0.25) is 5.91 Å². The van der Waals surface area contributed by atoms with E-state index >= 15 is 0 Å². The molecular weight excluding hydrogens is 454 g/mol. The molecule has 0 aliphatic heterocycles. The second-order valence-corrected chi connectivity index (χ2v) is 9.28. The van der Waals surface area contributed by atoms with E-state index in [-0.39, 0.29) is 30.7 Å². The Morgan fingerprint density at radius 1 is 1.06 bits per heavy atom. The largest absolute Gasteiger partial charge is 0.476 e. The predicted octanol–water partition coefficient (Wildman–Crippen LogP) is 4.02. The number of amides is 2. The average Bonchev–Trinajstić information content (AvgIpc) is 3.43. The van der Waals surface area contributed by atoms with Crippen molar-refractivity contribution in [1.29, 1.82) is 0 Å². The summed E-state index contributed by atoms with van der Waals surface area (Å²) in [6.07, 6.45) is -0.668. The number of benzene rings is 2. The maximum atomic E-state index is 12.7. The number of carbonyl (C=O) groups is 3. The highest BCUT2D eigenvalue weighted by molar-refractivity contribution is 7.09. The van der Waals surface area contributed by atoms with Crippen molar-refractivity contribution in [2.24, 2.45) is 5.92 Å². The summed E-state index contributed by atoms with van der Waals surface area (Å²) in [4.78, 5) is 40.2. The van der Waals surface area contributed by atoms with Gasteiger partial charge in [-0.1, -0.05) is 62.4 Å². The lowest BCUT2D eigenvalue weighted by molar-refractivity contribution is -0.124. The Kier molecular flexibility index (Phi) is 6.93. The van der Waals surface area contributed by atoms with Gasteiger partial charge in [-0.2, -0.15) is 0 Å². The van der Waals surface area contributed by atoms with E-state index in [9.17, 15) is 14.4 Å². The van der Waals surface area contributed by atoms with E-state index < -0.39 is 24.0 Å². The van der Waals surface area contributed by atoms with Crippen LogP contribution < -0.4 is 10.6 Å². The number of ether oxygens (including phenoxy) is 1. The first-order chi connectivity index (χ1) is 16.3. The van der Waals surface area contributed by atoms with E-state index in [1.165, 1.54) is 5.38 Å². The van der Waals surface area contributed by atoms with Crippen LogP contribution in [-0.4, -0.2) is 40.7 Å². The molecule has 1 aromatic heterocycles. The molecule has 0 spiro atoms. The zero-order valence-electron chi connectivity index (χ0n) is 18.8. The fourth-order valence-electron chi connectivity index (χ4n) is 4.07. The molecule has 0 bridgehead atoms. The van der Waals surface area contributed by atoms with Crippen LogP contribution in [-0.2, 0) is 16.1 Å². The molecule has 176 valence electrons. The molecule has 0 saturated carbocycles. The van der Waals surface area contributed by atoms with Crippen LogP contribution in [0.15, 0.2) is 53.9 Å². The fraction of sp³-hybridized carbons (Fsp3) is 0.280. The Morgan fingerprint density at radius 2 is 1.68 bits per heavy atom. The van der Waals surface area contributed by atoms with Crippen molar-refractivity contribution in [2.45, 2.75) is 32.4 Å². The molecule has 8 nitrogen and oxygen atoms in total. The minimum absolute atomic E-state index is 0.0635. The van der Waals surface area contributed by atoms with Gasteiger partial charge in [0.15, 0.2) is 5.69 Å². The van der Waals surface area contributed by atoms with Gasteiger partial charge in [-0.05, 0) is 28.2 Å². The van der Waals surface area contributed by atoms with Crippen LogP contribution in [0.5, 0.6) is 0 Å². The fourth-order valence-corrected chi connectivity index (χ4v) is 4.77. The summed E-state index contributed by atoms with van der Waals surface area (Å²) in [5.74, 6) is -1.77. The predicted molar refractivity (Wildman–Crippen MR) is 128 cm³/mol. The van der Waals surface area contributed by atoms with E-state index in [0.29, 0.717) is 5.01 Å². The maximum Gasteiger partial charge on any atom is 0.407 e. The lowest BCUT2D eigenvalue weighted by atomic mass is 9.98. The van der Waals surface area contributed by atoms with Crippen molar-refractivity contribution in [3.8, 4) is 11.1 Å². The smallest absolute Gasteiger partial charge is 0.407 e. The Balaban J connectivity index is 1.36. The number of rotatable bonds is 8. The van der Waals surface area contributed by atoms with Gasteiger partial charge in [-0.25, -0.2) is 14.6 Å². The van der Waals surface area contributed by atoms with Crippen LogP contribution in [0.4, 0.5) is 4.79 Å². The van der Waals surface area contributed by atoms with Gasteiger partial charge in [-0.15, -0.1) is 11.3 Å². The van der Waals surface area contributed by atoms with E-state index in [1.807, 2.05) is 50.2 Å². The molecule has 4 rings (SSSR count). The van der Waals surface area contributed by atoms with Gasteiger partial charge in [-0.3, -0.25) is 4.79 Å². The number of alkyl carbamates (subject to hydrolysis) is 1. The van der Waals surface area contributed by atoms with Gasteiger partial charge in [0.25, 0.3) is 0 Å². The number of carbonyl (C=O) groups excluding carboxylic acids is 2. The van der Waals surface area contributed by atoms with Crippen molar-refractivity contribution in [3.05, 3.63) is 75.7 Å².